The Hall–Kier alpha value is -1.11. The Labute approximate surface area is 167 Å². The molecule has 1 aliphatic heterocycles. The first-order chi connectivity index (χ1) is 11.7. The Morgan fingerprint density at radius 1 is 1.12 bits per heavy atom. The third-order valence-electron chi connectivity index (χ3n) is 5.94. The normalized spacial score (nSPS) is 30.1. The average molecular weight is 402 g/mol. The number of nitrogens with zero attached hydrogens (tertiary/aromatic N) is 3. The van der Waals surface area contributed by atoms with Crippen molar-refractivity contribution in [2.75, 3.05) is 18.0 Å². The SMILES string of the molecule is Cl.Cl.NC1CC2CCCC(C1)C2NC(=O)c1ccnc(N2CCCC2)n1. The predicted octanol–water partition coefficient (Wildman–Crippen LogP) is 2.56. The number of aromatic nitrogens is 2. The summed E-state index contributed by atoms with van der Waals surface area (Å²) in [4.78, 5) is 23.7. The van der Waals surface area contributed by atoms with E-state index in [2.05, 4.69) is 20.2 Å². The van der Waals surface area contributed by atoms with Crippen LogP contribution in [0, 0.1) is 11.8 Å². The van der Waals surface area contributed by atoms with Gasteiger partial charge in [0.2, 0.25) is 5.95 Å². The zero-order chi connectivity index (χ0) is 16.5. The van der Waals surface area contributed by atoms with Gasteiger partial charge < -0.3 is 16.0 Å². The first-order valence-electron chi connectivity index (χ1n) is 9.35. The molecular formula is C18H29Cl2N5O. The smallest absolute Gasteiger partial charge is 0.270 e. The number of hydrogen-bond donors (Lipinski definition) is 2. The highest BCUT2D eigenvalue weighted by Gasteiger charge is 2.40. The van der Waals surface area contributed by atoms with E-state index in [1.54, 1.807) is 12.3 Å². The lowest BCUT2D eigenvalue weighted by Gasteiger charge is -2.45. The van der Waals surface area contributed by atoms with Crippen LogP contribution in [0.5, 0.6) is 0 Å². The van der Waals surface area contributed by atoms with Gasteiger partial charge in [0.25, 0.3) is 5.91 Å². The molecule has 0 radical (unpaired) electrons. The van der Waals surface area contributed by atoms with Crippen molar-refractivity contribution in [3.05, 3.63) is 18.0 Å². The van der Waals surface area contributed by atoms with Gasteiger partial charge in [-0.1, -0.05) is 6.42 Å². The predicted molar refractivity (Wildman–Crippen MR) is 107 cm³/mol. The third-order valence-corrected chi connectivity index (χ3v) is 5.94. The first-order valence-corrected chi connectivity index (χ1v) is 9.35. The molecule has 1 aromatic heterocycles. The van der Waals surface area contributed by atoms with E-state index in [0.29, 0.717) is 29.5 Å². The van der Waals surface area contributed by atoms with Gasteiger partial charge in [-0.15, -0.1) is 24.8 Å². The zero-order valence-electron chi connectivity index (χ0n) is 15.0. The van der Waals surface area contributed by atoms with Crippen LogP contribution >= 0.6 is 24.8 Å². The number of nitrogens with two attached hydrogens (primary N) is 1. The molecular weight excluding hydrogens is 373 g/mol. The standard InChI is InChI=1S/C18H27N5O.2ClH/c19-14-10-12-4-3-5-13(11-14)16(12)22-17(24)15-6-7-20-18(21-15)23-8-1-2-9-23;;/h6-7,12-14,16H,1-5,8-11,19H2,(H,22,24);2*1H. The molecule has 146 valence electrons. The molecule has 1 aromatic rings. The Balaban J connectivity index is 0.00000121. The molecule has 2 atom stereocenters. The van der Waals surface area contributed by atoms with Crippen molar-refractivity contribution in [2.45, 2.75) is 57.0 Å². The number of amides is 1. The van der Waals surface area contributed by atoms with Gasteiger partial charge in [0.1, 0.15) is 5.69 Å². The van der Waals surface area contributed by atoms with E-state index in [0.717, 1.165) is 25.9 Å². The second-order valence-corrected chi connectivity index (χ2v) is 7.62. The van der Waals surface area contributed by atoms with Crippen molar-refractivity contribution in [2.24, 2.45) is 17.6 Å². The molecule has 3 fully saturated rings. The van der Waals surface area contributed by atoms with Crippen molar-refractivity contribution in [1.82, 2.24) is 15.3 Å². The number of nitrogens with one attached hydrogen (secondary N) is 1. The average Bonchev–Trinajstić information content (AvgIpc) is 3.10. The lowest BCUT2D eigenvalue weighted by Crippen LogP contribution is -2.53. The summed E-state index contributed by atoms with van der Waals surface area (Å²) in [7, 11) is 0. The van der Waals surface area contributed by atoms with Crippen molar-refractivity contribution < 1.29 is 4.79 Å². The summed E-state index contributed by atoms with van der Waals surface area (Å²) in [6.07, 6.45) is 9.73. The molecule has 1 saturated heterocycles. The molecule has 3 N–H and O–H groups in total. The van der Waals surface area contributed by atoms with Gasteiger partial charge in [0.15, 0.2) is 0 Å². The minimum absolute atomic E-state index is 0. The number of fused-ring (bicyclic) bond motifs is 2. The van der Waals surface area contributed by atoms with Crippen molar-refractivity contribution in [3.63, 3.8) is 0 Å². The Bertz CT molecular complexity index is 597. The highest BCUT2D eigenvalue weighted by atomic mass is 35.5. The van der Waals surface area contributed by atoms with Crippen molar-refractivity contribution >= 4 is 36.7 Å². The second kappa shape index (κ2) is 9.20. The molecule has 0 spiro atoms. The summed E-state index contributed by atoms with van der Waals surface area (Å²) in [6, 6.07) is 2.28. The van der Waals surface area contributed by atoms with Crippen molar-refractivity contribution in [3.8, 4) is 0 Å². The van der Waals surface area contributed by atoms with Crippen LogP contribution in [-0.4, -0.2) is 41.0 Å². The molecule has 3 aliphatic rings. The van der Waals surface area contributed by atoms with E-state index in [1.807, 2.05) is 0 Å². The number of halogens is 2. The lowest BCUT2D eigenvalue weighted by molar-refractivity contribution is 0.0751. The summed E-state index contributed by atoms with van der Waals surface area (Å²) >= 11 is 0. The van der Waals surface area contributed by atoms with Gasteiger partial charge in [-0.25, -0.2) is 9.97 Å². The third kappa shape index (κ3) is 4.41. The highest BCUT2D eigenvalue weighted by molar-refractivity contribution is 5.92. The molecule has 2 aliphatic carbocycles. The van der Waals surface area contributed by atoms with E-state index >= 15 is 0 Å². The fraction of sp³-hybridized carbons (Fsp3) is 0.722. The molecule has 6 nitrogen and oxygen atoms in total. The summed E-state index contributed by atoms with van der Waals surface area (Å²) in [5, 5.41) is 3.27. The van der Waals surface area contributed by atoms with Crippen molar-refractivity contribution in [1.29, 1.82) is 0 Å². The molecule has 2 saturated carbocycles. The van der Waals surface area contributed by atoms with E-state index in [1.165, 1.54) is 32.1 Å². The number of anilines is 1. The minimum atomic E-state index is -0.0600. The van der Waals surface area contributed by atoms with Crippen LogP contribution in [0.3, 0.4) is 0 Å². The van der Waals surface area contributed by atoms with Crippen LogP contribution in [0.15, 0.2) is 12.3 Å². The summed E-state index contributed by atoms with van der Waals surface area (Å²) in [6.45, 7) is 1.96. The molecule has 1 amide bonds. The van der Waals surface area contributed by atoms with Gasteiger partial charge in [-0.3, -0.25) is 4.79 Å². The second-order valence-electron chi connectivity index (χ2n) is 7.62. The van der Waals surface area contributed by atoms with Crippen LogP contribution < -0.4 is 16.0 Å². The monoisotopic (exact) mass is 401 g/mol. The fourth-order valence-electron chi connectivity index (χ4n) is 4.79. The Morgan fingerprint density at radius 3 is 2.42 bits per heavy atom. The molecule has 0 aromatic carbocycles. The number of hydrogen-bond acceptors (Lipinski definition) is 5. The first kappa shape index (κ1) is 21.2. The molecule has 8 heteroatoms. The summed E-state index contributed by atoms with van der Waals surface area (Å²) in [5.74, 6) is 1.67. The van der Waals surface area contributed by atoms with Gasteiger partial charge in [0, 0.05) is 31.4 Å². The van der Waals surface area contributed by atoms with E-state index in [9.17, 15) is 4.79 Å². The largest absolute Gasteiger partial charge is 0.347 e. The quantitative estimate of drug-likeness (QED) is 0.812. The number of carbonyl (C=O) groups excluding carboxylic acids is 1. The molecule has 2 heterocycles. The van der Waals surface area contributed by atoms with Gasteiger partial charge in [0.05, 0.1) is 0 Å². The van der Waals surface area contributed by atoms with Gasteiger partial charge >= 0.3 is 0 Å². The lowest BCUT2D eigenvalue weighted by atomic mass is 9.67. The topological polar surface area (TPSA) is 84.1 Å². The van der Waals surface area contributed by atoms with Crippen LogP contribution in [0.1, 0.15) is 55.4 Å². The van der Waals surface area contributed by atoms with Gasteiger partial charge in [-0.05, 0) is 56.4 Å². The van der Waals surface area contributed by atoms with E-state index in [4.69, 9.17) is 5.73 Å². The number of rotatable bonds is 3. The minimum Gasteiger partial charge on any atom is -0.347 e. The molecule has 26 heavy (non-hydrogen) atoms. The summed E-state index contributed by atoms with van der Waals surface area (Å²) in [5.41, 5.74) is 6.67. The van der Waals surface area contributed by atoms with E-state index < -0.39 is 0 Å². The van der Waals surface area contributed by atoms with Crippen LogP contribution in [0.4, 0.5) is 5.95 Å². The Kier molecular flexibility index (Phi) is 7.50. The maximum absolute atomic E-state index is 12.7. The maximum atomic E-state index is 12.7. The summed E-state index contributed by atoms with van der Waals surface area (Å²) < 4.78 is 0. The molecule has 2 unspecified atom stereocenters. The van der Waals surface area contributed by atoms with Gasteiger partial charge in [-0.2, -0.15) is 0 Å². The molecule has 2 bridgehead atoms. The van der Waals surface area contributed by atoms with Crippen LogP contribution in [0.25, 0.3) is 0 Å². The zero-order valence-corrected chi connectivity index (χ0v) is 16.6. The maximum Gasteiger partial charge on any atom is 0.270 e. The van der Waals surface area contributed by atoms with E-state index in [-0.39, 0.29) is 36.8 Å². The molecule has 4 rings (SSSR count). The van der Waals surface area contributed by atoms with Crippen LogP contribution in [0.2, 0.25) is 0 Å². The fourth-order valence-corrected chi connectivity index (χ4v) is 4.79. The number of carbonyl (C=O) groups is 1. The Morgan fingerprint density at radius 2 is 1.77 bits per heavy atom. The van der Waals surface area contributed by atoms with Crippen LogP contribution in [-0.2, 0) is 0 Å². The highest BCUT2D eigenvalue weighted by Crippen LogP contribution is 2.39.